The molecule has 1 aliphatic rings. The first kappa shape index (κ1) is 22.0. The highest BCUT2D eigenvalue weighted by atomic mass is 32.2. The second-order valence-corrected chi connectivity index (χ2v) is 8.62. The van der Waals surface area contributed by atoms with Gasteiger partial charge in [0.25, 0.3) is 5.91 Å². The molecular weight excluding hydrogens is 396 g/mol. The Bertz CT molecular complexity index is 877. The molecular formula is C23H30N4O2S. The summed E-state index contributed by atoms with van der Waals surface area (Å²) in [6.07, 6.45) is 7.62. The fourth-order valence-electron chi connectivity index (χ4n) is 3.66. The summed E-state index contributed by atoms with van der Waals surface area (Å²) in [6.45, 7) is 0. The van der Waals surface area contributed by atoms with E-state index < -0.39 is 0 Å². The van der Waals surface area contributed by atoms with Crippen LogP contribution in [0.1, 0.15) is 42.5 Å². The average molecular weight is 427 g/mol. The molecule has 160 valence electrons. The molecule has 0 atom stereocenters. The summed E-state index contributed by atoms with van der Waals surface area (Å²) in [7, 11) is 3.82. The zero-order chi connectivity index (χ0) is 21.5. The fourth-order valence-corrected chi connectivity index (χ4v) is 4.07. The summed E-state index contributed by atoms with van der Waals surface area (Å²) in [6, 6.07) is 12.9. The summed E-state index contributed by atoms with van der Waals surface area (Å²) in [5.41, 5.74) is 2.67. The Morgan fingerprint density at radius 1 is 0.933 bits per heavy atom. The van der Waals surface area contributed by atoms with Crippen molar-refractivity contribution in [2.45, 2.75) is 43.0 Å². The fraction of sp³-hybridized carbons (Fsp3) is 0.391. The molecule has 6 nitrogen and oxygen atoms in total. The molecule has 3 N–H and O–H groups in total. The largest absolute Gasteiger partial charge is 0.377 e. The molecule has 30 heavy (non-hydrogen) atoms. The van der Waals surface area contributed by atoms with E-state index in [1.165, 1.54) is 6.42 Å². The molecule has 0 saturated heterocycles. The van der Waals surface area contributed by atoms with Crippen molar-refractivity contribution in [1.29, 1.82) is 0 Å². The Kier molecular flexibility index (Phi) is 7.63. The molecule has 3 amide bonds. The molecule has 1 fully saturated rings. The number of amides is 3. The number of carbonyl (C=O) groups excluding carboxylic acids is 2. The molecule has 7 heteroatoms. The van der Waals surface area contributed by atoms with Crippen LogP contribution in [0.3, 0.4) is 0 Å². The number of urea groups is 1. The number of anilines is 3. The molecule has 2 aromatic carbocycles. The minimum atomic E-state index is -0.344. The molecule has 0 radical (unpaired) electrons. The predicted octanol–water partition coefficient (Wildman–Crippen LogP) is 5.18. The SMILES string of the molecule is CSc1ccc(NC(=O)Nc2ccc(N(C)C)c(C(=O)NC3CCCCC3)c2)cc1. The van der Waals surface area contributed by atoms with E-state index >= 15 is 0 Å². The van der Waals surface area contributed by atoms with Gasteiger partial charge in [-0.1, -0.05) is 19.3 Å². The van der Waals surface area contributed by atoms with Crippen LogP contribution in [0.4, 0.5) is 21.9 Å². The van der Waals surface area contributed by atoms with Gasteiger partial charge in [0.2, 0.25) is 0 Å². The van der Waals surface area contributed by atoms with Gasteiger partial charge in [0.05, 0.1) is 5.56 Å². The van der Waals surface area contributed by atoms with E-state index in [0.29, 0.717) is 16.9 Å². The van der Waals surface area contributed by atoms with Crippen LogP contribution in [-0.4, -0.2) is 38.3 Å². The molecule has 0 aromatic heterocycles. The van der Waals surface area contributed by atoms with Gasteiger partial charge >= 0.3 is 6.03 Å². The number of nitrogens with zero attached hydrogens (tertiary/aromatic N) is 1. The van der Waals surface area contributed by atoms with Crippen molar-refractivity contribution in [3.63, 3.8) is 0 Å². The molecule has 0 aliphatic heterocycles. The first-order valence-electron chi connectivity index (χ1n) is 10.3. The Labute approximate surface area is 182 Å². The summed E-state index contributed by atoms with van der Waals surface area (Å²) >= 11 is 1.65. The van der Waals surface area contributed by atoms with Crippen LogP contribution in [-0.2, 0) is 0 Å². The highest BCUT2D eigenvalue weighted by Crippen LogP contribution is 2.25. The Hall–Kier alpha value is -2.67. The molecule has 1 aliphatic carbocycles. The first-order chi connectivity index (χ1) is 14.5. The quantitative estimate of drug-likeness (QED) is 0.557. The summed E-state index contributed by atoms with van der Waals surface area (Å²) in [5, 5.41) is 8.82. The molecule has 0 bridgehead atoms. The predicted molar refractivity (Wildman–Crippen MR) is 126 cm³/mol. The third-order valence-electron chi connectivity index (χ3n) is 5.27. The lowest BCUT2D eigenvalue weighted by Gasteiger charge is -2.24. The van der Waals surface area contributed by atoms with Crippen LogP contribution in [0.25, 0.3) is 0 Å². The van der Waals surface area contributed by atoms with Crippen LogP contribution >= 0.6 is 11.8 Å². The van der Waals surface area contributed by atoms with Gasteiger partial charge in [0.15, 0.2) is 0 Å². The van der Waals surface area contributed by atoms with Crippen molar-refractivity contribution in [3.8, 4) is 0 Å². The standard InChI is InChI=1S/C23H30N4O2S/c1-27(2)21-14-11-18(15-20(21)22(28)24-16-7-5-4-6-8-16)26-23(29)25-17-9-12-19(30-3)13-10-17/h9-16H,4-8H2,1-3H3,(H,24,28)(H2,25,26,29). The van der Waals surface area contributed by atoms with Gasteiger partial charge in [-0.25, -0.2) is 4.79 Å². The average Bonchev–Trinajstić information content (AvgIpc) is 2.74. The molecule has 0 unspecified atom stereocenters. The second kappa shape index (κ2) is 10.4. The van der Waals surface area contributed by atoms with Crippen molar-refractivity contribution in [1.82, 2.24) is 5.32 Å². The van der Waals surface area contributed by atoms with E-state index in [2.05, 4.69) is 16.0 Å². The topological polar surface area (TPSA) is 73.5 Å². The second-order valence-electron chi connectivity index (χ2n) is 7.74. The normalized spacial score (nSPS) is 14.1. The lowest BCUT2D eigenvalue weighted by Crippen LogP contribution is -2.36. The van der Waals surface area contributed by atoms with Gasteiger partial charge in [-0.15, -0.1) is 11.8 Å². The van der Waals surface area contributed by atoms with Crippen molar-refractivity contribution < 1.29 is 9.59 Å². The molecule has 1 saturated carbocycles. The summed E-state index contributed by atoms with van der Waals surface area (Å²) in [4.78, 5) is 28.4. The van der Waals surface area contributed by atoms with Crippen molar-refractivity contribution in [3.05, 3.63) is 48.0 Å². The number of carbonyl (C=O) groups is 2. The number of rotatable bonds is 6. The van der Waals surface area contributed by atoms with Crippen LogP contribution in [0.2, 0.25) is 0 Å². The van der Waals surface area contributed by atoms with E-state index in [9.17, 15) is 9.59 Å². The highest BCUT2D eigenvalue weighted by molar-refractivity contribution is 7.98. The minimum Gasteiger partial charge on any atom is -0.377 e. The minimum absolute atomic E-state index is 0.0951. The van der Waals surface area contributed by atoms with Gasteiger partial charge in [0.1, 0.15) is 0 Å². The van der Waals surface area contributed by atoms with Gasteiger partial charge in [0, 0.05) is 42.1 Å². The lowest BCUT2D eigenvalue weighted by molar-refractivity contribution is 0.0928. The van der Waals surface area contributed by atoms with Gasteiger partial charge in [-0.3, -0.25) is 4.79 Å². The maximum absolute atomic E-state index is 13.0. The number of hydrogen-bond donors (Lipinski definition) is 3. The first-order valence-corrected chi connectivity index (χ1v) is 11.5. The molecule has 0 heterocycles. The van der Waals surface area contributed by atoms with Crippen LogP contribution in [0.5, 0.6) is 0 Å². The van der Waals surface area contributed by atoms with Crippen LogP contribution < -0.4 is 20.9 Å². The zero-order valence-corrected chi connectivity index (χ0v) is 18.6. The molecule has 0 spiro atoms. The number of thioether (sulfide) groups is 1. The highest BCUT2D eigenvalue weighted by Gasteiger charge is 2.20. The lowest BCUT2D eigenvalue weighted by atomic mass is 9.95. The maximum Gasteiger partial charge on any atom is 0.323 e. The van der Waals surface area contributed by atoms with Crippen molar-refractivity contribution in [2.75, 3.05) is 35.9 Å². The Balaban J connectivity index is 1.70. The maximum atomic E-state index is 13.0. The van der Waals surface area contributed by atoms with E-state index in [1.807, 2.05) is 61.6 Å². The van der Waals surface area contributed by atoms with Gasteiger partial charge in [-0.2, -0.15) is 0 Å². The molecule has 3 rings (SSSR count). The van der Waals surface area contributed by atoms with Crippen LogP contribution in [0.15, 0.2) is 47.4 Å². The van der Waals surface area contributed by atoms with Crippen LogP contribution in [0, 0.1) is 0 Å². The third-order valence-corrected chi connectivity index (χ3v) is 6.01. The number of benzene rings is 2. The van der Waals surface area contributed by atoms with Crippen molar-refractivity contribution in [2.24, 2.45) is 0 Å². The summed E-state index contributed by atoms with van der Waals surface area (Å²) in [5.74, 6) is -0.0951. The van der Waals surface area contributed by atoms with E-state index in [0.717, 1.165) is 36.3 Å². The summed E-state index contributed by atoms with van der Waals surface area (Å²) < 4.78 is 0. The van der Waals surface area contributed by atoms with E-state index in [1.54, 1.807) is 17.8 Å². The molecule has 2 aromatic rings. The number of hydrogen-bond acceptors (Lipinski definition) is 4. The number of nitrogens with one attached hydrogen (secondary N) is 3. The van der Waals surface area contributed by atoms with Crippen molar-refractivity contribution >= 4 is 40.8 Å². The zero-order valence-electron chi connectivity index (χ0n) is 17.8. The van der Waals surface area contributed by atoms with E-state index in [4.69, 9.17) is 0 Å². The smallest absolute Gasteiger partial charge is 0.323 e. The third kappa shape index (κ3) is 5.92. The van der Waals surface area contributed by atoms with E-state index in [-0.39, 0.29) is 18.0 Å². The van der Waals surface area contributed by atoms with Gasteiger partial charge in [-0.05, 0) is 61.6 Å². The Morgan fingerprint density at radius 2 is 1.57 bits per heavy atom. The monoisotopic (exact) mass is 426 g/mol. The van der Waals surface area contributed by atoms with Gasteiger partial charge < -0.3 is 20.9 Å². The Morgan fingerprint density at radius 3 is 2.20 bits per heavy atom.